The van der Waals surface area contributed by atoms with E-state index in [1.807, 2.05) is 0 Å². The second-order valence-corrected chi connectivity index (χ2v) is 10.3. The Morgan fingerprint density at radius 1 is 1.24 bits per heavy atom. The number of amides is 1. The van der Waals surface area contributed by atoms with E-state index in [-0.39, 0.29) is 24.8 Å². The topological polar surface area (TPSA) is 84.2 Å². The first-order chi connectivity index (χ1) is 15.7. The highest BCUT2D eigenvalue weighted by Gasteiger charge is 2.29. The van der Waals surface area contributed by atoms with Crippen LogP contribution in [-0.2, 0) is 30.6 Å². The summed E-state index contributed by atoms with van der Waals surface area (Å²) in [4.78, 5) is 20.2. The van der Waals surface area contributed by atoms with Crippen molar-refractivity contribution < 1.29 is 22.4 Å². The molecule has 0 spiro atoms. The third-order valence-corrected chi connectivity index (χ3v) is 7.64. The zero-order chi connectivity index (χ0) is 23.4. The molecule has 1 N–H and O–H groups in total. The molecule has 0 radical (unpaired) electrons. The number of carbonyl (C=O) groups excluding carboxylic acids is 1. The van der Waals surface area contributed by atoms with E-state index in [9.17, 15) is 18.0 Å². The molecular formula is C22H30F3N5O2S. The Kier molecular flexibility index (Phi) is 7.68. The van der Waals surface area contributed by atoms with Gasteiger partial charge in [-0.25, -0.2) is 4.98 Å². The molecule has 0 aromatic carbocycles. The van der Waals surface area contributed by atoms with Crippen molar-refractivity contribution in [1.82, 2.24) is 25.4 Å². The molecule has 1 aliphatic carbocycles. The van der Waals surface area contributed by atoms with Gasteiger partial charge >= 0.3 is 6.18 Å². The lowest BCUT2D eigenvalue weighted by Gasteiger charge is -2.32. The number of nitrogens with zero attached hydrogens (tertiary/aromatic N) is 4. The number of halogens is 3. The molecule has 0 saturated heterocycles. The minimum absolute atomic E-state index is 0.0184. The number of hydrogen-bond donors (Lipinski definition) is 1. The van der Waals surface area contributed by atoms with Crippen LogP contribution in [0.1, 0.15) is 65.9 Å². The van der Waals surface area contributed by atoms with Crippen LogP contribution in [0, 0.1) is 12.8 Å². The van der Waals surface area contributed by atoms with Gasteiger partial charge in [-0.05, 0) is 51.0 Å². The van der Waals surface area contributed by atoms with Crippen LogP contribution in [0.25, 0.3) is 0 Å². The lowest BCUT2D eigenvalue weighted by Crippen LogP contribution is -2.39. The largest absolute Gasteiger partial charge is 0.425 e. The summed E-state index contributed by atoms with van der Waals surface area (Å²) < 4.78 is 42.7. The molecule has 7 nitrogen and oxygen atoms in total. The molecule has 0 atom stereocenters. The van der Waals surface area contributed by atoms with Crippen molar-refractivity contribution in [2.75, 3.05) is 13.1 Å². The number of aryl methyl sites for hydroxylation is 2. The predicted molar refractivity (Wildman–Crippen MR) is 117 cm³/mol. The van der Waals surface area contributed by atoms with Crippen LogP contribution < -0.4 is 5.32 Å². The lowest BCUT2D eigenvalue weighted by atomic mass is 9.84. The average Bonchev–Trinajstić information content (AvgIpc) is 3.36. The molecule has 1 saturated carbocycles. The molecule has 0 unspecified atom stereocenters. The molecule has 11 heteroatoms. The molecule has 3 heterocycles. The number of hydrogen-bond acceptors (Lipinski definition) is 7. The van der Waals surface area contributed by atoms with Crippen LogP contribution in [0.3, 0.4) is 0 Å². The molecular weight excluding hydrogens is 455 g/mol. The summed E-state index contributed by atoms with van der Waals surface area (Å²) in [5, 5.41) is 11.3. The third-order valence-electron chi connectivity index (χ3n) is 6.42. The first-order valence-corrected chi connectivity index (χ1v) is 12.4. The summed E-state index contributed by atoms with van der Waals surface area (Å²) >= 11 is 1.45. The highest BCUT2D eigenvalue weighted by Crippen LogP contribution is 2.30. The van der Waals surface area contributed by atoms with E-state index in [0.29, 0.717) is 22.7 Å². The predicted octanol–water partition coefficient (Wildman–Crippen LogP) is 4.00. The minimum Gasteiger partial charge on any atom is -0.425 e. The Bertz CT molecular complexity index is 937. The fourth-order valence-corrected chi connectivity index (χ4v) is 5.70. The molecule has 1 aliphatic heterocycles. The number of rotatable bonds is 8. The van der Waals surface area contributed by atoms with Crippen LogP contribution >= 0.6 is 11.3 Å². The summed E-state index contributed by atoms with van der Waals surface area (Å²) in [6.07, 6.45) is 1.25. The van der Waals surface area contributed by atoms with Crippen molar-refractivity contribution in [3.63, 3.8) is 0 Å². The van der Waals surface area contributed by atoms with Crippen LogP contribution in [0.2, 0.25) is 0 Å². The highest BCUT2D eigenvalue weighted by molar-refractivity contribution is 7.11. The molecule has 1 amide bonds. The number of thiazole rings is 1. The molecule has 4 rings (SSSR count). The van der Waals surface area contributed by atoms with Crippen LogP contribution in [0.4, 0.5) is 13.2 Å². The van der Waals surface area contributed by atoms with E-state index < -0.39 is 12.6 Å². The molecule has 0 bridgehead atoms. The van der Waals surface area contributed by atoms with Crippen molar-refractivity contribution in [2.45, 2.75) is 83.5 Å². The Morgan fingerprint density at radius 3 is 2.73 bits per heavy atom. The first-order valence-electron chi connectivity index (χ1n) is 11.6. The highest BCUT2D eigenvalue weighted by atomic mass is 32.1. The number of nitrogens with one attached hydrogen (secondary N) is 1. The van der Waals surface area contributed by atoms with E-state index >= 15 is 0 Å². The fourth-order valence-electron chi connectivity index (χ4n) is 4.64. The van der Waals surface area contributed by atoms with Crippen LogP contribution in [-0.4, -0.2) is 51.3 Å². The molecule has 2 aromatic rings. The minimum atomic E-state index is -4.13. The number of fused-ring (bicyclic) bond motifs is 1. The summed E-state index contributed by atoms with van der Waals surface area (Å²) in [7, 11) is 0. The zero-order valence-corrected chi connectivity index (χ0v) is 19.6. The van der Waals surface area contributed by atoms with E-state index in [1.54, 1.807) is 6.92 Å². The van der Waals surface area contributed by atoms with Gasteiger partial charge in [0.15, 0.2) is 0 Å². The fraction of sp³-hybridized carbons (Fsp3) is 0.727. The number of alkyl halides is 3. The monoisotopic (exact) mass is 485 g/mol. The molecule has 33 heavy (non-hydrogen) atoms. The molecule has 182 valence electrons. The van der Waals surface area contributed by atoms with Gasteiger partial charge < -0.3 is 9.73 Å². The Balaban J connectivity index is 1.15. The average molecular weight is 486 g/mol. The van der Waals surface area contributed by atoms with Gasteiger partial charge in [-0.15, -0.1) is 21.5 Å². The Morgan fingerprint density at radius 2 is 2.03 bits per heavy atom. The van der Waals surface area contributed by atoms with Crippen molar-refractivity contribution in [1.29, 1.82) is 0 Å². The number of carbonyl (C=O) groups is 1. The van der Waals surface area contributed by atoms with Crippen molar-refractivity contribution in [3.05, 3.63) is 27.4 Å². The van der Waals surface area contributed by atoms with Crippen LogP contribution in [0.15, 0.2) is 4.42 Å². The quantitative estimate of drug-likeness (QED) is 0.609. The second-order valence-electron chi connectivity index (χ2n) is 9.08. The molecule has 2 aromatic heterocycles. The Hall–Kier alpha value is -2.01. The lowest BCUT2D eigenvalue weighted by molar-refractivity contribution is -0.134. The van der Waals surface area contributed by atoms with E-state index in [2.05, 4.69) is 25.4 Å². The maximum Gasteiger partial charge on any atom is 0.389 e. The maximum atomic E-state index is 12.5. The van der Waals surface area contributed by atoms with Gasteiger partial charge in [-0.3, -0.25) is 9.69 Å². The molecule has 1 fully saturated rings. The van der Waals surface area contributed by atoms with Crippen molar-refractivity contribution in [3.8, 4) is 0 Å². The smallest absolute Gasteiger partial charge is 0.389 e. The summed E-state index contributed by atoms with van der Waals surface area (Å²) in [6.45, 7) is 4.35. The van der Waals surface area contributed by atoms with Crippen LogP contribution in [0.5, 0.6) is 0 Å². The van der Waals surface area contributed by atoms with Gasteiger partial charge in [-0.2, -0.15) is 13.2 Å². The second kappa shape index (κ2) is 10.5. The summed E-state index contributed by atoms with van der Waals surface area (Å²) in [6, 6.07) is 0.195. The van der Waals surface area contributed by atoms with Gasteiger partial charge in [0, 0.05) is 43.8 Å². The van der Waals surface area contributed by atoms with Gasteiger partial charge in [-0.1, -0.05) is 0 Å². The first kappa shape index (κ1) is 24.1. The van der Waals surface area contributed by atoms with E-state index in [0.717, 1.165) is 68.7 Å². The third kappa shape index (κ3) is 7.23. The van der Waals surface area contributed by atoms with Gasteiger partial charge in [0.05, 0.1) is 10.7 Å². The van der Waals surface area contributed by atoms with Crippen molar-refractivity contribution >= 4 is 17.2 Å². The van der Waals surface area contributed by atoms with E-state index in [1.165, 1.54) is 11.3 Å². The SMILES string of the molecule is Cc1nnc(CC(=O)NC2CCC(CCN3CCc4sc(CCC(F)(F)F)nc4C3)CC2)o1. The van der Waals surface area contributed by atoms with Crippen molar-refractivity contribution in [2.24, 2.45) is 5.92 Å². The maximum absolute atomic E-state index is 12.5. The van der Waals surface area contributed by atoms with Gasteiger partial charge in [0.25, 0.3) is 0 Å². The summed E-state index contributed by atoms with van der Waals surface area (Å²) in [5.74, 6) is 1.36. The number of aromatic nitrogens is 3. The van der Waals surface area contributed by atoms with Gasteiger partial charge in [0.2, 0.25) is 17.7 Å². The van der Waals surface area contributed by atoms with Gasteiger partial charge in [0.1, 0.15) is 6.42 Å². The molecule has 2 aliphatic rings. The standard InChI is InChI=1S/C22H30F3N5O2S/c1-14-28-29-20(32-14)12-19(31)26-16-4-2-15(3-5-16)7-10-30-11-8-18-17(13-30)27-21(33-18)6-9-22(23,24)25/h15-16H,2-13H2,1H3,(H,26,31). The van der Waals surface area contributed by atoms with E-state index in [4.69, 9.17) is 4.42 Å². The normalized spacial score (nSPS) is 21.7. The zero-order valence-electron chi connectivity index (χ0n) is 18.8. The summed E-state index contributed by atoms with van der Waals surface area (Å²) in [5.41, 5.74) is 0.964. The Labute approximate surface area is 195 Å².